The van der Waals surface area contributed by atoms with Crippen LogP contribution in [0.5, 0.6) is 0 Å². The highest BCUT2D eigenvalue weighted by Gasteiger charge is 2.26. The molecule has 6 nitrogen and oxygen atoms in total. The van der Waals surface area contributed by atoms with Crippen LogP contribution < -0.4 is 5.32 Å². The lowest BCUT2D eigenvalue weighted by Gasteiger charge is -2.26. The molecule has 0 bridgehead atoms. The molecule has 26 heavy (non-hydrogen) atoms. The third-order valence-corrected chi connectivity index (χ3v) is 5.99. The van der Waals surface area contributed by atoms with Crippen molar-refractivity contribution in [3.8, 4) is 6.07 Å². The zero-order valence-electron chi connectivity index (χ0n) is 14.0. The van der Waals surface area contributed by atoms with E-state index in [4.69, 9.17) is 10.00 Å². The second kappa shape index (κ2) is 7.83. The second-order valence-corrected chi connectivity index (χ2v) is 7.75. The molecule has 1 heterocycles. The molecule has 1 aliphatic rings. The molecule has 0 radical (unpaired) electrons. The first-order valence-corrected chi connectivity index (χ1v) is 9.55. The van der Waals surface area contributed by atoms with E-state index in [0.717, 1.165) is 0 Å². The summed E-state index contributed by atoms with van der Waals surface area (Å²) in [6.07, 6.45) is 0. The number of halogens is 1. The molecule has 0 aliphatic carbocycles. The van der Waals surface area contributed by atoms with Gasteiger partial charge in [0.2, 0.25) is 10.0 Å². The number of rotatable bonds is 5. The van der Waals surface area contributed by atoms with E-state index in [2.05, 4.69) is 5.32 Å². The predicted octanol–water partition coefficient (Wildman–Crippen LogP) is 2.33. The number of anilines is 1. The van der Waals surface area contributed by atoms with Gasteiger partial charge in [-0.1, -0.05) is 6.07 Å². The summed E-state index contributed by atoms with van der Waals surface area (Å²) in [4.78, 5) is 0.177. The second-order valence-electron chi connectivity index (χ2n) is 5.82. The van der Waals surface area contributed by atoms with E-state index in [-0.39, 0.29) is 11.4 Å². The molecular formula is C18H18FN3O3S. The van der Waals surface area contributed by atoms with E-state index < -0.39 is 15.8 Å². The molecule has 0 aromatic heterocycles. The normalized spacial score (nSPS) is 15.4. The predicted molar refractivity (Wildman–Crippen MR) is 94.5 cm³/mol. The monoisotopic (exact) mass is 375 g/mol. The fraction of sp³-hybridized carbons (Fsp3) is 0.278. The van der Waals surface area contributed by atoms with Crippen LogP contribution in [0, 0.1) is 17.1 Å². The van der Waals surface area contributed by atoms with Crippen LogP contribution in [0.2, 0.25) is 0 Å². The van der Waals surface area contributed by atoms with Crippen LogP contribution in [0.1, 0.15) is 11.1 Å². The summed E-state index contributed by atoms with van der Waals surface area (Å²) in [5.74, 6) is -0.423. The Kier molecular flexibility index (Phi) is 5.52. The summed E-state index contributed by atoms with van der Waals surface area (Å²) in [6, 6.07) is 12.5. The summed E-state index contributed by atoms with van der Waals surface area (Å²) < 4.78 is 45.8. The number of nitriles is 1. The van der Waals surface area contributed by atoms with Gasteiger partial charge in [0.15, 0.2) is 0 Å². The summed E-state index contributed by atoms with van der Waals surface area (Å²) in [7, 11) is -3.59. The minimum absolute atomic E-state index is 0.141. The van der Waals surface area contributed by atoms with E-state index >= 15 is 0 Å². The quantitative estimate of drug-likeness (QED) is 0.867. The average Bonchev–Trinajstić information content (AvgIpc) is 2.68. The standard InChI is InChI=1S/C18H18FN3O3S/c19-18-5-4-14(12-20)10-15(18)13-21-16-2-1-3-17(11-16)26(23,24)22-6-8-25-9-7-22/h1-5,10-11,21H,6-9,13H2. The van der Waals surface area contributed by atoms with Gasteiger partial charge in [-0.25, -0.2) is 12.8 Å². The number of hydrogen-bond donors (Lipinski definition) is 1. The molecule has 8 heteroatoms. The molecule has 0 amide bonds. The van der Waals surface area contributed by atoms with Crippen LogP contribution in [0.15, 0.2) is 47.4 Å². The Morgan fingerprint density at radius 2 is 1.96 bits per heavy atom. The van der Waals surface area contributed by atoms with Gasteiger partial charge in [-0.3, -0.25) is 0 Å². The molecule has 2 aromatic rings. The lowest BCUT2D eigenvalue weighted by molar-refractivity contribution is 0.0730. The number of nitrogens with one attached hydrogen (secondary N) is 1. The molecular weight excluding hydrogens is 357 g/mol. The van der Waals surface area contributed by atoms with Crippen LogP contribution in [0.3, 0.4) is 0 Å². The first-order chi connectivity index (χ1) is 12.5. The fourth-order valence-corrected chi connectivity index (χ4v) is 4.13. The van der Waals surface area contributed by atoms with Gasteiger partial charge in [0.1, 0.15) is 5.82 Å². The maximum absolute atomic E-state index is 13.9. The maximum Gasteiger partial charge on any atom is 0.243 e. The number of nitrogens with zero attached hydrogens (tertiary/aromatic N) is 2. The third kappa shape index (κ3) is 4.02. The van der Waals surface area contributed by atoms with Gasteiger partial charge in [-0.05, 0) is 36.4 Å². The van der Waals surface area contributed by atoms with Crippen molar-refractivity contribution < 1.29 is 17.5 Å². The zero-order valence-corrected chi connectivity index (χ0v) is 14.8. The van der Waals surface area contributed by atoms with E-state index in [1.165, 1.54) is 34.6 Å². The van der Waals surface area contributed by atoms with Gasteiger partial charge in [-0.15, -0.1) is 0 Å². The highest BCUT2D eigenvalue weighted by atomic mass is 32.2. The first kappa shape index (κ1) is 18.3. The molecule has 1 aliphatic heterocycles. The Balaban J connectivity index is 1.77. The summed E-state index contributed by atoms with van der Waals surface area (Å²) >= 11 is 0. The van der Waals surface area contributed by atoms with E-state index in [1.54, 1.807) is 12.1 Å². The Labute approximate surface area is 151 Å². The highest BCUT2D eigenvalue weighted by Crippen LogP contribution is 2.21. The summed E-state index contributed by atoms with van der Waals surface area (Å²) in [6.45, 7) is 1.55. The first-order valence-electron chi connectivity index (χ1n) is 8.11. The van der Waals surface area contributed by atoms with Crippen molar-refractivity contribution in [2.45, 2.75) is 11.4 Å². The molecule has 3 rings (SSSR count). The van der Waals surface area contributed by atoms with Crippen LogP contribution >= 0.6 is 0 Å². The van der Waals surface area contributed by atoms with Crippen LogP contribution in [-0.2, 0) is 21.3 Å². The number of morpholine rings is 1. The van der Waals surface area contributed by atoms with Gasteiger partial charge >= 0.3 is 0 Å². The molecule has 0 atom stereocenters. The summed E-state index contributed by atoms with van der Waals surface area (Å²) in [5.41, 5.74) is 1.26. The molecule has 0 spiro atoms. The topological polar surface area (TPSA) is 82.4 Å². The van der Waals surface area contributed by atoms with Crippen LogP contribution in [0.25, 0.3) is 0 Å². The Bertz CT molecular complexity index is 935. The van der Waals surface area contributed by atoms with Gasteiger partial charge in [0, 0.05) is 30.9 Å². The fourth-order valence-electron chi connectivity index (χ4n) is 2.68. The van der Waals surface area contributed by atoms with Crippen molar-refractivity contribution in [1.29, 1.82) is 5.26 Å². The number of ether oxygens (including phenoxy) is 1. The van der Waals surface area contributed by atoms with E-state index in [1.807, 2.05) is 6.07 Å². The molecule has 1 saturated heterocycles. The Morgan fingerprint density at radius 1 is 1.19 bits per heavy atom. The van der Waals surface area contributed by atoms with Crippen molar-refractivity contribution in [2.75, 3.05) is 31.6 Å². The smallest absolute Gasteiger partial charge is 0.243 e. The molecule has 136 valence electrons. The third-order valence-electron chi connectivity index (χ3n) is 4.10. The van der Waals surface area contributed by atoms with Gasteiger partial charge in [0.25, 0.3) is 0 Å². The van der Waals surface area contributed by atoms with Crippen molar-refractivity contribution >= 4 is 15.7 Å². The minimum atomic E-state index is -3.59. The maximum atomic E-state index is 13.9. The van der Waals surface area contributed by atoms with Crippen molar-refractivity contribution in [3.63, 3.8) is 0 Å². The number of benzene rings is 2. The molecule has 2 aromatic carbocycles. The molecule has 1 fully saturated rings. The average molecular weight is 375 g/mol. The zero-order chi connectivity index (χ0) is 18.6. The van der Waals surface area contributed by atoms with Crippen LogP contribution in [0.4, 0.5) is 10.1 Å². The Morgan fingerprint density at radius 3 is 2.69 bits per heavy atom. The minimum Gasteiger partial charge on any atom is -0.381 e. The molecule has 1 N–H and O–H groups in total. The van der Waals surface area contributed by atoms with Gasteiger partial charge in [0.05, 0.1) is 29.7 Å². The van der Waals surface area contributed by atoms with Crippen LogP contribution in [-0.4, -0.2) is 39.0 Å². The van der Waals surface area contributed by atoms with Crippen molar-refractivity contribution in [1.82, 2.24) is 4.31 Å². The summed E-state index contributed by atoms with van der Waals surface area (Å²) in [5, 5.41) is 11.9. The molecule has 0 unspecified atom stereocenters. The van der Waals surface area contributed by atoms with E-state index in [0.29, 0.717) is 43.1 Å². The lowest BCUT2D eigenvalue weighted by atomic mass is 10.1. The van der Waals surface area contributed by atoms with Crippen molar-refractivity contribution in [3.05, 3.63) is 59.4 Å². The largest absolute Gasteiger partial charge is 0.381 e. The van der Waals surface area contributed by atoms with Crippen molar-refractivity contribution in [2.24, 2.45) is 0 Å². The van der Waals surface area contributed by atoms with E-state index in [9.17, 15) is 12.8 Å². The molecule has 0 saturated carbocycles. The SMILES string of the molecule is N#Cc1ccc(F)c(CNc2cccc(S(=O)(=O)N3CCOCC3)c2)c1. The number of hydrogen-bond acceptors (Lipinski definition) is 5. The Hall–Kier alpha value is -2.47. The lowest BCUT2D eigenvalue weighted by Crippen LogP contribution is -2.40. The highest BCUT2D eigenvalue weighted by molar-refractivity contribution is 7.89. The van der Waals surface area contributed by atoms with Gasteiger partial charge in [-0.2, -0.15) is 9.57 Å². The number of sulfonamides is 1. The van der Waals surface area contributed by atoms with Gasteiger partial charge < -0.3 is 10.1 Å².